The van der Waals surface area contributed by atoms with E-state index in [2.05, 4.69) is 4.98 Å². The molecule has 0 saturated heterocycles. The van der Waals surface area contributed by atoms with Gasteiger partial charge in [-0.15, -0.1) is 0 Å². The number of nitrogens with zero attached hydrogens (tertiary/aromatic N) is 1. The average molecular weight is 189 g/mol. The molecule has 1 unspecified atom stereocenters. The van der Waals surface area contributed by atoms with E-state index in [0.29, 0.717) is 11.5 Å². The van der Waals surface area contributed by atoms with Crippen LogP contribution in [0.25, 0.3) is 0 Å². The second kappa shape index (κ2) is 1.91. The van der Waals surface area contributed by atoms with Crippen LogP contribution in [0, 0.1) is 0 Å². The Hall–Kier alpha value is -1.26. The Labute approximate surface area is 67.0 Å². The lowest BCUT2D eigenvalue weighted by Gasteiger charge is -2.06. The van der Waals surface area contributed by atoms with Crippen LogP contribution in [0.4, 0.5) is 0 Å². The van der Waals surface area contributed by atoms with E-state index < -0.39 is 7.82 Å². The molecule has 0 radical (unpaired) electrons. The van der Waals surface area contributed by atoms with E-state index in [4.69, 9.17) is 13.6 Å². The fourth-order valence-electron chi connectivity index (χ4n) is 1.03. The summed E-state index contributed by atoms with van der Waals surface area (Å²) in [4.78, 5) is 3.80. The number of hydrogen-bond acceptors (Lipinski definition) is 5. The third kappa shape index (κ3) is 0.680. The molecule has 6 nitrogen and oxygen atoms in total. The van der Waals surface area contributed by atoms with Crippen LogP contribution in [0.1, 0.15) is 0 Å². The summed E-state index contributed by atoms with van der Waals surface area (Å²) in [6, 6.07) is 1.58. The molecular weight excluding hydrogens is 185 g/mol. The minimum absolute atomic E-state index is 0. The van der Waals surface area contributed by atoms with Gasteiger partial charge in [0.2, 0.25) is 5.75 Å². The summed E-state index contributed by atoms with van der Waals surface area (Å²) < 4.78 is 25.7. The Bertz CT molecular complexity index is 355. The molecule has 0 saturated carbocycles. The Morgan fingerprint density at radius 1 is 1.33 bits per heavy atom. The number of hydrogen-bond donors (Lipinski definition) is 0. The lowest BCUT2D eigenvalue weighted by molar-refractivity contribution is 0.350. The average Bonchev–Trinajstić information content (AvgIpc) is 2.37. The van der Waals surface area contributed by atoms with E-state index in [1.165, 1.54) is 6.20 Å². The van der Waals surface area contributed by atoms with Gasteiger partial charge >= 0.3 is 7.82 Å². The van der Waals surface area contributed by atoms with E-state index in [1.54, 1.807) is 6.07 Å². The van der Waals surface area contributed by atoms with Crippen molar-refractivity contribution in [2.45, 2.75) is 0 Å². The number of pyridine rings is 1. The molecule has 0 spiro atoms. The molecule has 1 atom stereocenters. The monoisotopic (exact) mass is 189 g/mol. The predicted molar refractivity (Wildman–Crippen MR) is 37.3 cm³/mol. The minimum Gasteiger partial charge on any atom is -0.412 e. The van der Waals surface area contributed by atoms with Crippen molar-refractivity contribution in [3.63, 3.8) is 0 Å². The van der Waals surface area contributed by atoms with Crippen LogP contribution in [-0.4, -0.2) is 10.5 Å². The zero-order valence-electron chi connectivity index (χ0n) is 5.68. The molecule has 0 aromatic carbocycles. The first-order chi connectivity index (χ1) is 5.27. The van der Waals surface area contributed by atoms with Gasteiger partial charge in [0.15, 0.2) is 5.75 Å². The Morgan fingerprint density at radius 2 is 2.17 bits per heavy atom. The van der Waals surface area contributed by atoms with Gasteiger partial charge in [0, 0.05) is 12.3 Å². The van der Waals surface area contributed by atoms with Crippen LogP contribution >= 0.6 is 7.82 Å². The molecule has 2 N–H and O–H groups in total. The number of rotatable bonds is 0. The number of aromatic nitrogens is 1. The van der Waals surface area contributed by atoms with Gasteiger partial charge in [-0.1, -0.05) is 0 Å². The third-order valence-corrected chi connectivity index (χ3v) is 2.67. The van der Waals surface area contributed by atoms with Gasteiger partial charge in [0.1, 0.15) is 0 Å². The molecule has 2 aliphatic rings. The van der Waals surface area contributed by atoms with Crippen molar-refractivity contribution in [2.24, 2.45) is 0 Å². The van der Waals surface area contributed by atoms with Crippen molar-refractivity contribution in [2.75, 3.05) is 0 Å². The molecular formula is C5H4NO5P. The van der Waals surface area contributed by atoms with Crippen molar-refractivity contribution < 1.29 is 23.6 Å². The van der Waals surface area contributed by atoms with Gasteiger partial charge in [0.05, 0.1) is 0 Å². The van der Waals surface area contributed by atoms with Gasteiger partial charge in [-0.05, 0) is 0 Å². The van der Waals surface area contributed by atoms with Crippen LogP contribution in [0.3, 0.4) is 0 Å². The molecule has 12 heavy (non-hydrogen) atoms. The van der Waals surface area contributed by atoms with Crippen LogP contribution < -0.4 is 13.6 Å². The number of fused-ring (bicyclic) bond motifs is 1. The number of phosphoric acid groups is 1. The summed E-state index contributed by atoms with van der Waals surface area (Å²) in [5.74, 6) is 1.07. The van der Waals surface area contributed by atoms with E-state index in [0.717, 1.165) is 0 Å². The summed E-state index contributed by atoms with van der Waals surface area (Å²) in [6.45, 7) is 0. The Kier molecular flexibility index (Phi) is 1.18. The van der Waals surface area contributed by atoms with E-state index >= 15 is 0 Å². The lowest BCUT2D eigenvalue weighted by Crippen LogP contribution is -1.97. The van der Waals surface area contributed by atoms with Crippen molar-refractivity contribution in [1.29, 1.82) is 0 Å². The van der Waals surface area contributed by atoms with E-state index in [9.17, 15) is 4.57 Å². The molecule has 2 bridgehead atoms. The lowest BCUT2D eigenvalue weighted by atomic mass is 10.4. The van der Waals surface area contributed by atoms with Crippen LogP contribution in [-0.2, 0) is 4.57 Å². The molecule has 64 valence electrons. The van der Waals surface area contributed by atoms with Crippen LogP contribution in [0.2, 0.25) is 0 Å². The Morgan fingerprint density at radius 3 is 2.75 bits per heavy atom. The van der Waals surface area contributed by atoms with Crippen molar-refractivity contribution in [3.8, 4) is 17.4 Å². The highest BCUT2D eigenvalue weighted by Gasteiger charge is 2.50. The van der Waals surface area contributed by atoms with E-state index in [-0.39, 0.29) is 11.4 Å². The van der Waals surface area contributed by atoms with Gasteiger partial charge in [0.25, 0.3) is 5.88 Å². The molecule has 1 aromatic rings. The highest BCUT2D eigenvalue weighted by Crippen LogP contribution is 2.67. The fraction of sp³-hybridized carbons (Fsp3) is 0. The first-order valence-electron chi connectivity index (χ1n) is 2.95. The molecule has 0 amide bonds. The van der Waals surface area contributed by atoms with E-state index in [1.807, 2.05) is 0 Å². The zero-order valence-corrected chi connectivity index (χ0v) is 6.58. The second-order valence-corrected chi connectivity index (χ2v) is 3.61. The first-order valence-corrected chi connectivity index (χ1v) is 4.41. The van der Waals surface area contributed by atoms with Gasteiger partial charge in [-0.3, -0.25) is 0 Å². The molecule has 1 aromatic heterocycles. The van der Waals surface area contributed by atoms with Gasteiger partial charge in [-0.2, -0.15) is 4.57 Å². The molecule has 3 heterocycles. The third-order valence-electron chi connectivity index (χ3n) is 1.45. The van der Waals surface area contributed by atoms with Crippen molar-refractivity contribution >= 4 is 7.82 Å². The van der Waals surface area contributed by atoms with Crippen molar-refractivity contribution in [1.82, 2.24) is 4.98 Å². The van der Waals surface area contributed by atoms with Crippen LogP contribution in [0.15, 0.2) is 12.3 Å². The fourth-order valence-corrected chi connectivity index (χ4v) is 2.26. The maximum atomic E-state index is 11.2. The Balaban J connectivity index is 0.000000563. The maximum absolute atomic E-state index is 11.2. The standard InChI is InChI=1S/C5H2NO4P.H2O/c7-11-8-3-1-2-6-5(10-11)4(3)9-11;/h1-2H;1H2. The van der Waals surface area contributed by atoms with Crippen LogP contribution in [0.5, 0.6) is 17.4 Å². The van der Waals surface area contributed by atoms with Crippen molar-refractivity contribution in [3.05, 3.63) is 12.3 Å². The summed E-state index contributed by atoms with van der Waals surface area (Å²) in [5, 5.41) is 0. The zero-order chi connectivity index (χ0) is 7.47. The normalized spacial score (nSPS) is 26.7. The summed E-state index contributed by atoms with van der Waals surface area (Å²) in [6.07, 6.45) is 1.51. The largest absolute Gasteiger partial charge is 0.648 e. The predicted octanol–water partition coefficient (Wildman–Crippen LogP) is 0.529. The topological polar surface area (TPSA) is 89.2 Å². The van der Waals surface area contributed by atoms with Gasteiger partial charge < -0.3 is 19.0 Å². The quantitative estimate of drug-likeness (QED) is 0.555. The smallest absolute Gasteiger partial charge is 0.412 e. The molecule has 7 heteroatoms. The summed E-state index contributed by atoms with van der Waals surface area (Å²) >= 11 is 0. The maximum Gasteiger partial charge on any atom is 0.648 e. The summed E-state index contributed by atoms with van der Waals surface area (Å²) in [5.41, 5.74) is 0. The molecule has 0 fully saturated rings. The minimum atomic E-state index is -3.31. The number of phosphoric ester groups is 1. The second-order valence-electron chi connectivity index (χ2n) is 2.16. The first kappa shape index (κ1) is 7.39. The van der Waals surface area contributed by atoms with Gasteiger partial charge in [-0.25, -0.2) is 4.98 Å². The SMILES string of the molecule is O.O=P12Oc3ccnc(c3O1)O2. The molecule has 0 aliphatic carbocycles. The highest BCUT2D eigenvalue weighted by atomic mass is 31.2. The summed E-state index contributed by atoms with van der Waals surface area (Å²) in [7, 11) is -3.31. The molecule has 2 aliphatic heterocycles. The molecule has 3 rings (SSSR count). The highest BCUT2D eigenvalue weighted by molar-refractivity contribution is 7.50.